The zero-order chi connectivity index (χ0) is 20.5. The molecular formula is C25H18N2OS. The number of hydrogen-bond donors (Lipinski definition) is 0. The lowest BCUT2D eigenvalue weighted by molar-refractivity contribution is 0.647. The molecule has 4 aromatic rings. The third kappa shape index (κ3) is 3.33. The molecule has 0 unspecified atom stereocenters. The molecule has 0 fully saturated rings. The van der Waals surface area contributed by atoms with E-state index in [0.29, 0.717) is 16.7 Å². The van der Waals surface area contributed by atoms with E-state index in [9.17, 15) is 15.3 Å². The van der Waals surface area contributed by atoms with Crippen molar-refractivity contribution in [3.05, 3.63) is 75.6 Å². The molecule has 0 saturated carbocycles. The Bertz CT molecular complexity index is 1390. The summed E-state index contributed by atoms with van der Waals surface area (Å²) in [6.07, 6.45) is 1.06. The van der Waals surface area contributed by atoms with Crippen LogP contribution in [0.2, 0.25) is 0 Å². The summed E-state index contributed by atoms with van der Waals surface area (Å²) in [5.41, 5.74) is 0.947. The van der Waals surface area contributed by atoms with E-state index in [2.05, 4.69) is 38.1 Å². The molecule has 0 amide bonds. The van der Waals surface area contributed by atoms with Crippen molar-refractivity contribution in [2.24, 2.45) is 5.92 Å². The van der Waals surface area contributed by atoms with Gasteiger partial charge in [0.25, 0.3) is 0 Å². The summed E-state index contributed by atoms with van der Waals surface area (Å²) < 4.78 is 0. The highest BCUT2D eigenvalue weighted by molar-refractivity contribution is 7.99. The maximum absolute atomic E-state index is 12.9. The van der Waals surface area contributed by atoms with Gasteiger partial charge in [-0.15, -0.1) is 0 Å². The maximum Gasteiger partial charge on any atom is 0.196 e. The summed E-state index contributed by atoms with van der Waals surface area (Å²) in [5, 5.41) is 21.8. The maximum atomic E-state index is 12.9. The summed E-state index contributed by atoms with van der Waals surface area (Å²) >= 11 is 1.65. The first-order valence-electron chi connectivity index (χ1n) is 9.45. The molecule has 29 heavy (non-hydrogen) atoms. The van der Waals surface area contributed by atoms with Gasteiger partial charge in [0.1, 0.15) is 17.7 Å². The van der Waals surface area contributed by atoms with Crippen LogP contribution in [0.15, 0.2) is 69.2 Å². The molecule has 4 rings (SSSR count). The highest BCUT2D eigenvalue weighted by Gasteiger charge is 2.16. The molecule has 0 radical (unpaired) electrons. The van der Waals surface area contributed by atoms with Gasteiger partial charge in [0, 0.05) is 20.6 Å². The Morgan fingerprint density at radius 2 is 1.62 bits per heavy atom. The second-order valence-electron chi connectivity index (χ2n) is 7.49. The van der Waals surface area contributed by atoms with Crippen molar-refractivity contribution >= 4 is 38.9 Å². The average Bonchev–Trinajstić information content (AvgIpc) is 3.00. The van der Waals surface area contributed by atoms with Gasteiger partial charge in [-0.1, -0.05) is 62.0 Å². The standard InChI is InChI=1S/C25H18N2OS/c1-15(2)12-16-6-8-18(9-7-16)29-22-11-10-20-23(17(13-26)14-27)25(28)21-5-3-4-19(22)24(20)21/h3-11,15H,12H2,1-2H3. The lowest BCUT2D eigenvalue weighted by Crippen LogP contribution is -2.21. The van der Waals surface area contributed by atoms with E-state index < -0.39 is 0 Å². The second kappa shape index (κ2) is 7.59. The Morgan fingerprint density at radius 3 is 2.28 bits per heavy atom. The highest BCUT2D eigenvalue weighted by atomic mass is 32.2. The van der Waals surface area contributed by atoms with Crippen molar-refractivity contribution < 1.29 is 0 Å². The normalized spacial score (nSPS) is 11.1. The second-order valence-corrected chi connectivity index (χ2v) is 8.60. The lowest BCUT2D eigenvalue weighted by atomic mass is 10.0. The van der Waals surface area contributed by atoms with Crippen LogP contribution in [0.1, 0.15) is 19.4 Å². The van der Waals surface area contributed by atoms with Crippen molar-refractivity contribution in [2.45, 2.75) is 30.1 Å². The number of nitrogens with zero attached hydrogens (tertiary/aromatic N) is 2. The smallest absolute Gasteiger partial charge is 0.196 e. The Morgan fingerprint density at radius 1 is 0.931 bits per heavy atom. The predicted octanol–water partition coefficient (Wildman–Crippen LogP) is 5.06. The van der Waals surface area contributed by atoms with Crippen LogP contribution in [0.3, 0.4) is 0 Å². The number of rotatable bonds is 4. The summed E-state index contributed by atoms with van der Waals surface area (Å²) in [7, 11) is 0. The molecule has 4 aromatic carbocycles. The van der Waals surface area contributed by atoms with Crippen LogP contribution in [0.5, 0.6) is 0 Å². The minimum atomic E-state index is -0.246. The van der Waals surface area contributed by atoms with Gasteiger partial charge in [0.2, 0.25) is 0 Å². The summed E-state index contributed by atoms with van der Waals surface area (Å²) in [4.78, 5) is 15.0. The van der Waals surface area contributed by atoms with E-state index in [4.69, 9.17) is 0 Å². The molecule has 0 aliphatic heterocycles. The topological polar surface area (TPSA) is 64.7 Å². The van der Waals surface area contributed by atoms with E-state index in [1.165, 1.54) is 5.56 Å². The third-order valence-electron chi connectivity index (χ3n) is 5.01. The monoisotopic (exact) mass is 394 g/mol. The molecule has 0 heterocycles. The van der Waals surface area contributed by atoms with Crippen molar-refractivity contribution in [3.8, 4) is 12.1 Å². The van der Waals surface area contributed by atoms with E-state index in [1.807, 2.05) is 36.4 Å². The van der Waals surface area contributed by atoms with Gasteiger partial charge in [-0.05, 0) is 46.9 Å². The molecule has 140 valence electrons. The lowest BCUT2D eigenvalue weighted by Gasteiger charge is -2.09. The van der Waals surface area contributed by atoms with Gasteiger partial charge in [0.15, 0.2) is 5.43 Å². The molecule has 0 aromatic heterocycles. The van der Waals surface area contributed by atoms with Gasteiger partial charge < -0.3 is 0 Å². The zero-order valence-electron chi connectivity index (χ0n) is 16.2. The Balaban J connectivity index is 1.86. The average molecular weight is 394 g/mol. The van der Waals surface area contributed by atoms with Gasteiger partial charge in [-0.2, -0.15) is 10.5 Å². The van der Waals surface area contributed by atoms with E-state index >= 15 is 0 Å². The fourth-order valence-electron chi connectivity index (χ4n) is 3.80. The van der Waals surface area contributed by atoms with Crippen LogP contribution in [0, 0.1) is 28.6 Å². The number of hydrogen-bond acceptors (Lipinski definition) is 4. The Hall–Kier alpha value is -3.34. The quantitative estimate of drug-likeness (QED) is 0.485. The van der Waals surface area contributed by atoms with Crippen LogP contribution >= 0.6 is 11.8 Å². The minimum absolute atomic E-state index is 0.131. The molecule has 0 aliphatic rings. The molecule has 3 nitrogen and oxygen atoms in total. The number of nitriles is 2. The van der Waals surface area contributed by atoms with Crippen LogP contribution in [-0.4, -0.2) is 0 Å². The minimum Gasteiger partial charge on any atom is -0.288 e. The molecule has 0 aliphatic carbocycles. The first kappa shape index (κ1) is 19.0. The van der Waals surface area contributed by atoms with Gasteiger partial charge in [-0.3, -0.25) is 4.79 Å². The van der Waals surface area contributed by atoms with Crippen molar-refractivity contribution in [2.75, 3.05) is 0 Å². The molecule has 0 saturated heterocycles. The summed E-state index contributed by atoms with van der Waals surface area (Å²) in [6.45, 7) is 4.42. The molecule has 0 atom stereocenters. The largest absolute Gasteiger partial charge is 0.288 e. The fourth-order valence-corrected chi connectivity index (χ4v) is 4.74. The molecule has 0 bridgehead atoms. The number of benzene rings is 3. The van der Waals surface area contributed by atoms with Crippen LogP contribution in [0.25, 0.3) is 27.1 Å². The van der Waals surface area contributed by atoms with Gasteiger partial charge >= 0.3 is 0 Å². The Kier molecular flexibility index (Phi) is 4.97. The van der Waals surface area contributed by atoms with Crippen molar-refractivity contribution in [3.63, 3.8) is 0 Å². The van der Waals surface area contributed by atoms with E-state index in [-0.39, 0.29) is 16.2 Å². The zero-order valence-corrected chi connectivity index (χ0v) is 17.0. The fraction of sp³-hybridized carbons (Fsp3) is 0.160. The van der Waals surface area contributed by atoms with Crippen LogP contribution < -0.4 is 10.6 Å². The molecule has 4 heteroatoms. The SMILES string of the molecule is CC(C)Cc1ccc(Sc2ccc3c(=C(C#N)C#N)c(=O)c4cccc2c43)cc1. The first-order chi connectivity index (χ1) is 14.0. The van der Waals surface area contributed by atoms with Gasteiger partial charge in [0.05, 0.1) is 5.22 Å². The van der Waals surface area contributed by atoms with Crippen LogP contribution in [-0.2, 0) is 6.42 Å². The highest BCUT2D eigenvalue weighted by Crippen LogP contribution is 2.36. The van der Waals surface area contributed by atoms with Crippen LogP contribution in [0.4, 0.5) is 0 Å². The van der Waals surface area contributed by atoms with Crippen molar-refractivity contribution in [1.29, 1.82) is 10.5 Å². The molecule has 0 N–H and O–H groups in total. The van der Waals surface area contributed by atoms with E-state index in [1.54, 1.807) is 17.8 Å². The van der Waals surface area contributed by atoms with Crippen molar-refractivity contribution in [1.82, 2.24) is 0 Å². The predicted molar refractivity (Wildman–Crippen MR) is 118 cm³/mol. The van der Waals surface area contributed by atoms with E-state index in [0.717, 1.165) is 27.0 Å². The Labute approximate surface area is 173 Å². The summed E-state index contributed by atoms with van der Waals surface area (Å²) in [6, 6.07) is 21.8. The first-order valence-corrected chi connectivity index (χ1v) is 10.3. The third-order valence-corrected chi connectivity index (χ3v) is 6.09. The van der Waals surface area contributed by atoms with Gasteiger partial charge in [-0.25, -0.2) is 0 Å². The molecule has 0 spiro atoms. The summed E-state index contributed by atoms with van der Waals surface area (Å²) in [5.74, 6) is 0.622. The molecular weight excluding hydrogens is 376 g/mol.